The molecule has 0 N–H and O–H groups in total. The topological polar surface area (TPSA) is 86.1 Å². The summed E-state index contributed by atoms with van der Waals surface area (Å²) in [6, 6.07) is 20.6. The molecule has 2 aliphatic heterocycles. The van der Waals surface area contributed by atoms with Crippen LogP contribution in [0.3, 0.4) is 0 Å². The quantitative estimate of drug-likeness (QED) is 0.358. The Balaban J connectivity index is 1.41. The van der Waals surface area contributed by atoms with Gasteiger partial charge >= 0.3 is 0 Å². The van der Waals surface area contributed by atoms with Crippen molar-refractivity contribution in [3.05, 3.63) is 81.8 Å². The summed E-state index contributed by atoms with van der Waals surface area (Å²) in [6.45, 7) is 3.52. The maximum absolute atomic E-state index is 13.8. The Morgan fingerprint density at radius 1 is 1.05 bits per heavy atom. The number of carbonyl (C=O) groups is 2. The summed E-state index contributed by atoms with van der Waals surface area (Å²) in [5, 5.41) is 9.76. The van der Waals surface area contributed by atoms with Crippen molar-refractivity contribution in [3.8, 4) is 22.9 Å². The molecular formula is C31H30Cl2N4O4. The average molecular weight is 594 g/mol. The minimum Gasteiger partial charge on any atom is -0.482 e. The number of anilines is 1. The Labute approximate surface area is 249 Å². The second kappa shape index (κ2) is 12.9. The van der Waals surface area contributed by atoms with Crippen molar-refractivity contribution in [2.24, 2.45) is 0 Å². The number of rotatable bonds is 8. The van der Waals surface area contributed by atoms with Crippen LogP contribution in [-0.2, 0) is 14.3 Å². The molecule has 0 aromatic heterocycles. The molecule has 0 aliphatic carbocycles. The van der Waals surface area contributed by atoms with E-state index in [1.54, 1.807) is 36.2 Å². The predicted molar refractivity (Wildman–Crippen MR) is 158 cm³/mol. The summed E-state index contributed by atoms with van der Waals surface area (Å²) >= 11 is 12.4. The number of nitriles is 1. The lowest BCUT2D eigenvalue weighted by Gasteiger charge is -2.35. The van der Waals surface area contributed by atoms with Crippen LogP contribution in [0, 0.1) is 11.3 Å². The molecule has 1 saturated heterocycles. The molecule has 8 nitrogen and oxygen atoms in total. The summed E-state index contributed by atoms with van der Waals surface area (Å²) in [7, 11) is 1.78. The summed E-state index contributed by atoms with van der Waals surface area (Å²) in [5.41, 5.74) is 3.98. The van der Waals surface area contributed by atoms with E-state index in [4.69, 9.17) is 37.9 Å². The fraction of sp³-hybridized carbons (Fsp3) is 0.323. The molecule has 0 saturated carbocycles. The number of hydrogen-bond acceptors (Lipinski definition) is 6. The highest BCUT2D eigenvalue weighted by Gasteiger charge is 2.31. The number of ether oxygens (including phenoxy) is 2. The van der Waals surface area contributed by atoms with Gasteiger partial charge in [0, 0.05) is 32.7 Å². The van der Waals surface area contributed by atoms with E-state index < -0.39 is 0 Å². The fourth-order valence-electron chi connectivity index (χ4n) is 5.17. The lowest BCUT2D eigenvalue weighted by Crippen LogP contribution is -2.46. The largest absolute Gasteiger partial charge is 0.482 e. The van der Waals surface area contributed by atoms with Crippen LogP contribution in [0.2, 0.25) is 10.0 Å². The monoisotopic (exact) mass is 592 g/mol. The standard InChI is InChI=1S/C31H30Cl2N4O4/c1-35(30(38)19-37-28-16-25(32)26(33)17-29(28)41-20-31(37)39)27(9-10-36-11-13-40-14-12-36)24-4-2-3-23(15-24)22-7-5-21(18-34)6-8-22/h2-8,15-17,27H,9-14,19-20H2,1H3. The van der Waals surface area contributed by atoms with Gasteiger partial charge in [0.05, 0.1) is 46.6 Å². The van der Waals surface area contributed by atoms with E-state index in [2.05, 4.69) is 17.0 Å². The normalized spacial score (nSPS) is 16.0. The highest BCUT2D eigenvalue weighted by atomic mass is 35.5. The molecule has 5 rings (SSSR count). The molecule has 41 heavy (non-hydrogen) atoms. The molecule has 0 radical (unpaired) electrons. The van der Waals surface area contributed by atoms with Gasteiger partial charge in [0.25, 0.3) is 5.91 Å². The van der Waals surface area contributed by atoms with E-state index in [-0.39, 0.29) is 36.0 Å². The van der Waals surface area contributed by atoms with Gasteiger partial charge < -0.3 is 14.4 Å². The SMILES string of the molecule is CN(C(=O)CN1C(=O)COc2cc(Cl)c(Cl)cc21)C(CCN1CCOCC1)c1cccc(-c2ccc(C#N)cc2)c1. The third kappa shape index (κ3) is 6.66. The lowest BCUT2D eigenvalue weighted by molar-refractivity contribution is -0.133. The molecule has 1 fully saturated rings. The lowest BCUT2D eigenvalue weighted by atomic mass is 9.96. The maximum Gasteiger partial charge on any atom is 0.265 e. The van der Waals surface area contributed by atoms with Crippen LogP contribution in [0.1, 0.15) is 23.6 Å². The van der Waals surface area contributed by atoms with Crippen molar-refractivity contribution in [3.63, 3.8) is 0 Å². The van der Waals surface area contributed by atoms with Gasteiger partial charge in [-0.25, -0.2) is 0 Å². The highest BCUT2D eigenvalue weighted by Crippen LogP contribution is 2.39. The van der Waals surface area contributed by atoms with Gasteiger partial charge in [-0.05, 0) is 47.4 Å². The van der Waals surface area contributed by atoms with Crippen LogP contribution in [0.25, 0.3) is 11.1 Å². The van der Waals surface area contributed by atoms with Crippen LogP contribution in [0.15, 0.2) is 60.7 Å². The molecule has 1 unspecified atom stereocenters. The zero-order valence-corrected chi connectivity index (χ0v) is 24.2. The fourth-order valence-corrected chi connectivity index (χ4v) is 5.48. The molecule has 2 heterocycles. The van der Waals surface area contributed by atoms with Gasteiger partial charge in [-0.1, -0.05) is 53.5 Å². The van der Waals surface area contributed by atoms with Gasteiger partial charge in [-0.3, -0.25) is 19.4 Å². The molecule has 0 spiro atoms. The number of carbonyl (C=O) groups excluding carboxylic acids is 2. The molecule has 1 atom stereocenters. The third-order valence-electron chi connectivity index (χ3n) is 7.54. The molecule has 3 aromatic carbocycles. The summed E-state index contributed by atoms with van der Waals surface area (Å²) in [5.74, 6) is -0.133. The molecule has 3 aromatic rings. The van der Waals surface area contributed by atoms with E-state index in [9.17, 15) is 9.59 Å². The van der Waals surface area contributed by atoms with Gasteiger partial charge in [-0.15, -0.1) is 0 Å². The van der Waals surface area contributed by atoms with Gasteiger partial charge in [-0.2, -0.15) is 5.26 Å². The maximum atomic E-state index is 13.8. The first-order chi connectivity index (χ1) is 19.8. The molecule has 0 bridgehead atoms. The Hall–Kier alpha value is -3.61. The number of morpholine rings is 1. The average Bonchev–Trinajstić information content (AvgIpc) is 3.00. The number of fused-ring (bicyclic) bond motifs is 1. The summed E-state index contributed by atoms with van der Waals surface area (Å²) in [6.07, 6.45) is 0.703. The Kier molecular flexibility index (Phi) is 9.11. The van der Waals surface area contributed by atoms with Gasteiger partial charge in [0.15, 0.2) is 6.61 Å². The van der Waals surface area contributed by atoms with Crippen LogP contribution in [-0.4, -0.2) is 74.7 Å². The highest BCUT2D eigenvalue weighted by molar-refractivity contribution is 6.42. The van der Waals surface area contributed by atoms with Crippen LogP contribution in [0.5, 0.6) is 5.75 Å². The zero-order chi connectivity index (χ0) is 28.9. The molecule has 10 heteroatoms. The van der Waals surface area contributed by atoms with E-state index in [1.807, 2.05) is 30.3 Å². The molecule has 2 aliphatic rings. The molecular weight excluding hydrogens is 563 g/mol. The minimum atomic E-state index is -0.328. The molecule has 2 amide bonds. The second-order valence-corrected chi connectivity index (χ2v) is 10.9. The van der Waals surface area contributed by atoms with Crippen LogP contribution in [0.4, 0.5) is 5.69 Å². The Bertz CT molecular complexity index is 1470. The van der Waals surface area contributed by atoms with Gasteiger partial charge in [0.1, 0.15) is 12.3 Å². The van der Waals surface area contributed by atoms with E-state index in [1.165, 1.54) is 4.90 Å². The number of nitrogens with zero attached hydrogens (tertiary/aromatic N) is 4. The Morgan fingerprint density at radius 2 is 1.78 bits per heavy atom. The van der Waals surface area contributed by atoms with Gasteiger partial charge in [0.2, 0.25) is 5.91 Å². The zero-order valence-electron chi connectivity index (χ0n) is 22.7. The second-order valence-electron chi connectivity index (χ2n) is 10.1. The Morgan fingerprint density at radius 3 is 2.51 bits per heavy atom. The van der Waals surface area contributed by atoms with E-state index in [0.29, 0.717) is 41.7 Å². The number of benzene rings is 3. The first-order valence-electron chi connectivity index (χ1n) is 13.4. The summed E-state index contributed by atoms with van der Waals surface area (Å²) < 4.78 is 11.0. The molecule has 212 valence electrons. The van der Waals surface area contributed by atoms with Crippen molar-refractivity contribution in [1.29, 1.82) is 5.26 Å². The number of likely N-dealkylation sites (N-methyl/N-ethyl adjacent to an activating group) is 1. The van der Waals surface area contributed by atoms with Crippen molar-refractivity contribution in [1.82, 2.24) is 9.80 Å². The minimum absolute atomic E-state index is 0.160. The first kappa shape index (κ1) is 28.9. The van der Waals surface area contributed by atoms with E-state index in [0.717, 1.165) is 36.3 Å². The van der Waals surface area contributed by atoms with Crippen molar-refractivity contribution < 1.29 is 19.1 Å². The summed E-state index contributed by atoms with van der Waals surface area (Å²) in [4.78, 5) is 32.1. The number of halogens is 2. The predicted octanol–water partition coefficient (Wildman–Crippen LogP) is 5.18. The third-order valence-corrected chi connectivity index (χ3v) is 8.26. The van der Waals surface area contributed by atoms with Crippen molar-refractivity contribution >= 4 is 40.7 Å². The van der Waals surface area contributed by atoms with E-state index >= 15 is 0 Å². The van der Waals surface area contributed by atoms with Crippen molar-refractivity contribution in [2.75, 3.05) is 57.9 Å². The first-order valence-corrected chi connectivity index (χ1v) is 14.2. The van der Waals surface area contributed by atoms with Crippen molar-refractivity contribution in [2.45, 2.75) is 12.5 Å². The number of amides is 2. The smallest absolute Gasteiger partial charge is 0.265 e. The van der Waals surface area contributed by atoms with Crippen LogP contribution < -0.4 is 9.64 Å². The van der Waals surface area contributed by atoms with Crippen LogP contribution >= 0.6 is 23.2 Å². The number of hydrogen-bond donors (Lipinski definition) is 0.